The first-order valence-electron chi connectivity index (χ1n) is 12.8. The third kappa shape index (κ3) is 5.97. The van der Waals surface area contributed by atoms with E-state index < -0.39 is 0 Å². The molecule has 0 unspecified atom stereocenters. The van der Waals surface area contributed by atoms with Crippen LogP contribution in [-0.2, 0) is 6.54 Å². The number of hydrogen-bond donors (Lipinski definition) is 5. The summed E-state index contributed by atoms with van der Waals surface area (Å²) in [5.41, 5.74) is 17.9. The van der Waals surface area contributed by atoms with Gasteiger partial charge in [-0.05, 0) is 35.1 Å². The number of nitrogens with one attached hydrogen (secondary N) is 2. The lowest BCUT2D eigenvalue weighted by Crippen LogP contribution is -2.39. The Balaban J connectivity index is 0.00000353. The predicted octanol–water partition coefficient (Wildman–Crippen LogP) is 2.99. The Kier molecular flexibility index (Phi) is 8.68. The van der Waals surface area contributed by atoms with Crippen molar-refractivity contribution in [3.63, 3.8) is 0 Å². The molecule has 0 bridgehead atoms. The standard InChI is InChI=1S/C28H33N9O.ClH/c29-27(30)35-13-9-21(10-14-35)19-1-5-23(6-2-19)25-33-34-26(37(25)17-18-38)24-7-3-20(4-8-24)22-11-15-36(16-12-22)28(31)32;/h1-9,11,38H,10,12-18H2,(H3,29,30)(H3,31,32);1H. The molecular weight excluding hydrogens is 514 g/mol. The first kappa shape index (κ1) is 27.9. The van der Waals surface area contributed by atoms with Gasteiger partial charge in [0.1, 0.15) is 0 Å². The molecule has 3 heterocycles. The van der Waals surface area contributed by atoms with Crippen molar-refractivity contribution in [1.29, 1.82) is 10.8 Å². The van der Waals surface area contributed by atoms with Gasteiger partial charge in [-0.1, -0.05) is 60.7 Å². The van der Waals surface area contributed by atoms with E-state index in [0.717, 1.165) is 48.2 Å². The summed E-state index contributed by atoms with van der Waals surface area (Å²) in [7, 11) is 0. The van der Waals surface area contributed by atoms with E-state index in [1.165, 1.54) is 11.1 Å². The molecule has 0 saturated heterocycles. The van der Waals surface area contributed by atoms with Crippen LogP contribution in [0.5, 0.6) is 0 Å². The number of aliphatic hydroxyl groups is 1. The van der Waals surface area contributed by atoms with Gasteiger partial charge in [0.05, 0.1) is 6.61 Å². The third-order valence-corrected chi connectivity index (χ3v) is 7.20. The Labute approximate surface area is 234 Å². The van der Waals surface area contributed by atoms with Crippen molar-refractivity contribution in [2.75, 3.05) is 32.8 Å². The van der Waals surface area contributed by atoms with Crippen molar-refractivity contribution in [3.8, 4) is 22.8 Å². The lowest BCUT2D eigenvalue weighted by Gasteiger charge is -2.26. The van der Waals surface area contributed by atoms with Gasteiger partial charge >= 0.3 is 0 Å². The Morgan fingerprint density at radius 3 is 1.41 bits per heavy atom. The van der Waals surface area contributed by atoms with Gasteiger partial charge in [-0.15, -0.1) is 22.6 Å². The first-order valence-corrected chi connectivity index (χ1v) is 12.8. The summed E-state index contributed by atoms with van der Waals surface area (Å²) in [5, 5.41) is 34.0. The zero-order valence-corrected chi connectivity index (χ0v) is 22.5. The number of guanidine groups is 2. The molecule has 0 aliphatic carbocycles. The molecule has 7 N–H and O–H groups in total. The molecule has 0 amide bonds. The van der Waals surface area contributed by atoms with E-state index in [2.05, 4.69) is 46.6 Å². The molecule has 11 heteroatoms. The second kappa shape index (κ2) is 12.1. The second-order valence-corrected chi connectivity index (χ2v) is 9.50. The topological polar surface area (TPSA) is 157 Å². The Morgan fingerprint density at radius 1 is 0.718 bits per heavy atom. The van der Waals surface area contributed by atoms with Gasteiger partial charge in [-0.25, -0.2) is 0 Å². The average Bonchev–Trinajstić information content (AvgIpc) is 3.37. The molecule has 5 rings (SSSR count). The van der Waals surface area contributed by atoms with Crippen molar-refractivity contribution in [1.82, 2.24) is 24.6 Å². The van der Waals surface area contributed by atoms with Crippen LogP contribution in [0.1, 0.15) is 24.0 Å². The summed E-state index contributed by atoms with van der Waals surface area (Å²) in [6, 6.07) is 16.5. The van der Waals surface area contributed by atoms with Crippen LogP contribution in [0.2, 0.25) is 0 Å². The van der Waals surface area contributed by atoms with Crippen LogP contribution in [0.3, 0.4) is 0 Å². The second-order valence-electron chi connectivity index (χ2n) is 9.50. The summed E-state index contributed by atoms with van der Waals surface area (Å²) in [4.78, 5) is 3.69. The van der Waals surface area contributed by atoms with Crippen LogP contribution in [-0.4, -0.2) is 74.4 Å². The molecule has 0 spiro atoms. The highest BCUT2D eigenvalue weighted by Gasteiger charge is 2.18. The smallest absolute Gasteiger partial charge is 0.188 e. The van der Waals surface area contributed by atoms with Crippen molar-refractivity contribution in [2.45, 2.75) is 19.4 Å². The zero-order valence-electron chi connectivity index (χ0n) is 21.7. The van der Waals surface area contributed by atoms with Crippen molar-refractivity contribution >= 4 is 35.5 Å². The fourth-order valence-electron chi connectivity index (χ4n) is 5.01. The van der Waals surface area contributed by atoms with E-state index >= 15 is 0 Å². The van der Waals surface area contributed by atoms with Crippen LogP contribution in [0.4, 0.5) is 0 Å². The average molecular weight is 548 g/mol. The molecule has 2 aromatic carbocycles. The maximum atomic E-state index is 9.78. The van der Waals surface area contributed by atoms with Gasteiger partial charge in [0.25, 0.3) is 0 Å². The molecule has 204 valence electrons. The first-order chi connectivity index (χ1) is 18.4. The van der Waals surface area contributed by atoms with Gasteiger partial charge in [-0.2, -0.15) is 0 Å². The molecule has 0 radical (unpaired) electrons. The molecular formula is C28H34ClN9O. The molecule has 1 aromatic heterocycles. The molecule has 2 aliphatic heterocycles. The van der Waals surface area contributed by atoms with E-state index in [-0.39, 0.29) is 30.9 Å². The fourth-order valence-corrected chi connectivity index (χ4v) is 5.01. The number of halogens is 1. The molecule has 0 atom stereocenters. The molecule has 39 heavy (non-hydrogen) atoms. The lowest BCUT2D eigenvalue weighted by atomic mass is 9.98. The van der Waals surface area contributed by atoms with Gasteiger partial charge < -0.3 is 30.9 Å². The largest absolute Gasteiger partial charge is 0.395 e. The Morgan fingerprint density at radius 2 is 1.10 bits per heavy atom. The SMILES string of the molecule is Cl.N=C(N)N1CC=C(c2ccc(-c3nnc(-c4ccc(C5=CCN(C(=N)N)CC5)cc4)n3CCO)cc2)CC1. The van der Waals surface area contributed by atoms with Crippen LogP contribution < -0.4 is 11.5 Å². The van der Waals surface area contributed by atoms with Crippen molar-refractivity contribution in [2.24, 2.45) is 11.5 Å². The number of benzene rings is 2. The van der Waals surface area contributed by atoms with E-state index in [1.807, 2.05) is 38.6 Å². The number of aliphatic hydroxyl groups excluding tert-OH is 1. The van der Waals surface area contributed by atoms with Gasteiger partial charge in [-0.3, -0.25) is 10.8 Å². The van der Waals surface area contributed by atoms with E-state index in [0.29, 0.717) is 31.3 Å². The summed E-state index contributed by atoms with van der Waals surface area (Å²) >= 11 is 0. The predicted molar refractivity (Wildman–Crippen MR) is 157 cm³/mol. The summed E-state index contributed by atoms with van der Waals surface area (Å²) in [6.45, 7) is 3.14. The summed E-state index contributed by atoms with van der Waals surface area (Å²) < 4.78 is 1.96. The minimum atomic E-state index is -0.0206. The summed E-state index contributed by atoms with van der Waals surface area (Å²) in [5.74, 6) is 1.64. The van der Waals surface area contributed by atoms with Gasteiger partial charge in [0.2, 0.25) is 0 Å². The zero-order chi connectivity index (χ0) is 26.6. The van der Waals surface area contributed by atoms with Crippen LogP contribution >= 0.6 is 12.4 Å². The van der Waals surface area contributed by atoms with Gasteiger partial charge in [0, 0.05) is 43.9 Å². The van der Waals surface area contributed by atoms with E-state index in [4.69, 9.17) is 22.3 Å². The number of nitrogens with zero attached hydrogens (tertiary/aromatic N) is 5. The van der Waals surface area contributed by atoms with Crippen LogP contribution in [0, 0.1) is 10.8 Å². The minimum absolute atomic E-state index is 0. The summed E-state index contributed by atoms with van der Waals surface area (Å²) in [6.07, 6.45) is 5.93. The minimum Gasteiger partial charge on any atom is -0.395 e. The van der Waals surface area contributed by atoms with Crippen molar-refractivity contribution in [3.05, 3.63) is 71.8 Å². The molecule has 2 aliphatic rings. The molecule has 3 aromatic rings. The number of rotatable bonds is 6. The molecule has 0 saturated carbocycles. The molecule has 10 nitrogen and oxygen atoms in total. The molecule has 0 fully saturated rings. The Hall–Kier alpha value is -4.15. The van der Waals surface area contributed by atoms with Crippen molar-refractivity contribution < 1.29 is 5.11 Å². The monoisotopic (exact) mass is 547 g/mol. The maximum Gasteiger partial charge on any atom is 0.188 e. The van der Waals surface area contributed by atoms with E-state index in [1.54, 1.807) is 0 Å². The number of nitrogens with two attached hydrogens (primary N) is 2. The van der Waals surface area contributed by atoms with E-state index in [9.17, 15) is 5.11 Å². The highest BCUT2D eigenvalue weighted by Crippen LogP contribution is 2.29. The number of aromatic nitrogens is 3. The fraction of sp³-hybridized carbons (Fsp3) is 0.286. The van der Waals surface area contributed by atoms with Crippen LogP contribution in [0.25, 0.3) is 33.9 Å². The van der Waals surface area contributed by atoms with Gasteiger partial charge in [0.15, 0.2) is 23.6 Å². The highest BCUT2D eigenvalue weighted by molar-refractivity contribution is 5.85. The maximum absolute atomic E-state index is 9.78. The highest BCUT2D eigenvalue weighted by atomic mass is 35.5. The third-order valence-electron chi connectivity index (χ3n) is 7.20. The lowest BCUT2D eigenvalue weighted by molar-refractivity contribution is 0.277. The normalized spacial score (nSPS) is 15.3. The Bertz CT molecular complexity index is 1290. The quantitative estimate of drug-likeness (QED) is 0.234. The number of hydrogen-bond acceptors (Lipinski definition) is 5. The van der Waals surface area contributed by atoms with Crippen LogP contribution in [0.15, 0.2) is 60.7 Å².